The number of aryl methyl sites for hydroxylation is 1. The number of esters is 1. The molecular weight excluding hydrogens is 409 g/mol. The van der Waals surface area contributed by atoms with Gasteiger partial charge in [0.05, 0.1) is 18.4 Å². The summed E-state index contributed by atoms with van der Waals surface area (Å²) in [6.07, 6.45) is 1.47. The molecule has 3 rings (SSSR count). The molecule has 0 aliphatic rings. The normalized spacial score (nSPS) is 11.1. The quantitative estimate of drug-likeness (QED) is 0.355. The van der Waals surface area contributed by atoms with E-state index in [4.69, 9.17) is 4.74 Å². The summed E-state index contributed by atoms with van der Waals surface area (Å²) in [5, 5.41) is 12.0. The number of nitriles is 1. The Balaban J connectivity index is 2.01. The van der Waals surface area contributed by atoms with E-state index in [1.54, 1.807) is 18.2 Å². The summed E-state index contributed by atoms with van der Waals surface area (Å²) < 4.78 is 20.7. The molecule has 0 fully saturated rings. The second-order valence-corrected chi connectivity index (χ2v) is 7.21. The average Bonchev–Trinajstić information content (AvgIpc) is 3.06. The van der Waals surface area contributed by atoms with Crippen LogP contribution >= 0.6 is 0 Å². The van der Waals surface area contributed by atoms with Crippen LogP contribution in [0.5, 0.6) is 0 Å². The van der Waals surface area contributed by atoms with Crippen molar-refractivity contribution in [2.24, 2.45) is 0 Å². The number of hydrogen-bond acceptors (Lipinski definition) is 4. The molecule has 1 N–H and O–H groups in total. The lowest BCUT2D eigenvalue weighted by Crippen LogP contribution is -2.14. The molecule has 3 aromatic rings. The second-order valence-electron chi connectivity index (χ2n) is 7.21. The van der Waals surface area contributed by atoms with Crippen molar-refractivity contribution in [2.45, 2.75) is 20.8 Å². The van der Waals surface area contributed by atoms with Crippen molar-refractivity contribution in [3.63, 3.8) is 0 Å². The number of para-hydroxylation sites is 1. The van der Waals surface area contributed by atoms with Gasteiger partial charge in [0.15, 0.2) is 0 Å². The number of aromatic nitrogens is 1. The van der Waals surface area contributed by atoms with E-state index in [0.29, 0.717) is 11.1 Å². The van der Waals surface area contributed by atoms with Gasteiger partial charge in [-0.05, 0) is 68.3 Å². The molecule has 7 heteroatoms. The van der Waals surface area contributed by atoms with Crippen LogP contribution < -0.4 is 5.32 Å². The SMILES string of the molecule is COC(=O)c1cccc(-n2c(C)cc(C=C(C#N)C(=O)Nc3ccccc3F)c2C)c1C. The zero-order valence-corrected chi connectivity index (χ0v) is 18.2. The molecule has 0 radical (unpaired) electrons. The molecule has 0 atom stereocenters. The molecule has 1 amide bonds. The first-order valence-corrected chi connectivity index (χ1v) is 9.83. The van der Waals surface area contributed by atoms with Gasteiger partial charge in [-0.3, -0.25) is 4.79 Å². The van der Waals surface area contributed by atoms with Gasteiger partial charge < -0.3 is 14.6 Å². The van der Waals surface area contributed by atoms with Crippen molar-refractivity contribution in [3.05, 3.63) is 88.0 Å². The lowest BCUT2D eigenvalue weighted by molar-refractivity contribution is -0.112. The minimum Gasteiger partial charge on any atom is -0.465 e. The van der Waals surface area contributed by atoms with E-state index in [-0.39, 0.29) is 11.3 Å². The number of hydrogen-bond donors (Lipinski definition) is 1. The highest BCUT2D eigenvalue weighted by molar-refractivity contribution is 6.09. The Morgan fingerprint density at radius 3 is 2.50 bits per heavy atom. The molecule has 0 bridgehead atoms. The minimum absolute atomic E-state index is 0.000581. The van der Waals surface area contributed by atoms with Crippen LogP contribution in [0.4, 0.5) is 10.1 Å². The lowest BCUT2D eigenvalue weighted by atomic mass is 10.1. The fraction of sp³-hybridized carbons (Fsp3) is 0.160. The average molecular weight is 431 g/mol. The van der Waals surface area contributed by atoms with Gasteiger partial charge in [-0.15, -0.1) is 0 Å². The fourth-order valence-electron chi connectivity index (χ4n) is 3.56. The number of methoxy groups -OCH3 is 1. The Morgan fingerprint density at radius 1 is 1.12 bits per heavy atom. The van der Waals surface area contributed by atoms with Crippen LogP contribution in [0.1, 0.15) is 32.9 Å². The van der Waals surface area contributed by atoms with E-state index in [1.807, 2.05) is 43.5 Å². The number of benzene rings is 2. The Kier molecular flexibility index (Phi) is 6.55. The molecule has 1 aromatic heterocycles. The Bertz CT molecular complexity index is 1280. The van der Waals surface area contributed by atoms with Crippen molar-refractivity contribution >= 4 is 23.6 Å². The fourth-order valence-corrected chi connectivity index (χ4v) is 3.56. The van der Waals surface area contributed by atoms with Crippen LogP contribution in [-0.2, 0) is 9.53 Å². The molecule has 0 aliphatic carbocycles. The van der Waals surface area contributed by atoms with E-state index in [1.165, 1.54) is 31.4 Å². The highest BCUT2D eigenvalue weighted by Crippen LogP contribution is 2.27. The molecular formula is C25H22FN3O3. The summed E-state index contributed by atoms with van der Waals surface area (Å²) in [4.78, 5) is 24.6. The van der Waals surface area contributed by atoms with Gasteiger partial charge in [-0.2, -0.15) is 5.26 Å². The number of nitrogens with one attached hydrogen (secondary N) is 1. The summed E-state index contributed by atoms with van der Waals surface area (Å²) >= 11 is 0. The Morgan fingerprint density at radius 2 is 1.84 bits per heavy atom. The largest absolute Gasteiger partial charge is 0.465 e. The second kappa shape index (κ2) is 9.31. The van der Waals surface area contributed by atoms with Crippen LogP contribution in [0.25, 0.3) is 11.8 Å². The predicted octanol–water partition coefficient (Wildman–Crippen LogP) is 4.87. The molecule has 0 saturated heterocycles. The zero-order valence-electron chi connectivity index (χ0n) is 18.2. The summed E-state index contributed by atoms with van der Waals surface area (Å²) in [5.74, 6) is -1.72. The molecule has 0 aliphatic heterocycles. The van der Waals surface area contributed by atoms with Crippen LogP contribution in [0.15, 0.2) is 54.1 Å². The first kappa shape index (κ1) is 22.5. The van der Waals surface area contributed by atoms with E-state index >= 15 is 0 Å². The molecule has 1 heterocycles. The van der Waals surface area contributed by atoms with E-state index in [9.17, 15) is 19.2 Å². The van der Waals surface area contributed by atoms with Crippen molar-refractivity contribution in [2.75, 3.05) is 12.4 Å². The Labute approximate surface area is 185 Å². The van der Waals surface area contributed by atoms with Gasteiger partial charge in [-0.25, -0.2) is 9.18 Å². The first-order chi connectivity index (χ1) is 15.3. The van der Waals surface area contributed by atoms with Gasteiger partial charge in [0.1, 0.15) is 17.5 Å². The molecule has 0 unspecified atom stereocenters. The third-order valence-electron chi connectivity index (χ3n) is 5.21. The van der Waals surface area contributed by atoms with Crippen molar-refractivity contribution in [1.82, 2.24) is 4.57 Å². The van der Waals surface area contributed by atoms with Crippen molar-refractivity contribution < 1.29 is 18.7 Å². The summed E-state index contributed by atoms with van der Waals surface area (Å²) in [7, 11) is 1.33. The topological polar surface area (TPSA) is 84.1 Å². The number of halogens is 1. The first-order valence-electron chi connectivity index (χ1n) is 9.83. The van der Waals surface area contributed by atoms with Crippen molar-refractivity contribution in [3.8, 4) is 11.8 Å². The maximum absolute atomic E-state index is 13.9. The van der Waals surface area contributed by atoms with Crippen LogP contribution in [-0.4, -0.2) is 23.6 Å². The highest BCUT2D eigenvalue weighted by Gasteiger charge is 2.18. The maximum Gasteiger partial charge on any atom is 0.338 e. The monoisotopic (exact) mass is 431 g/mol. The standard InChI is InChI=1S/C25H22FN3O3/c1-15-12-18(13-19(14-27)24(30)28-22-10-6-5-9-21(22)26)17(3)29(15)23-11-7-8-20(16(23)2)25(31)32-4/h5-13H,1-4H3,(H,28,30). The summed E-state index contributed by atoms with van der Waals surface area (Å²) in [6, 6.07) is 14.8. The van der Waals surface area contributed by atoms with Crippen LogP contribution in [0.2, 0.25) is 0 Å². The number of ether oxygens (including phenoxy) is 1. The van der Waals surface area contributed by atoms with Crippen molar-refractivity contribution in [1.29, 1.82) is 5.26 Å². The predicted molar refractivity (Wildman–Crippen MR) is 120 cm³/mol. The summed E-state index contributed by atoms with van der Waals surface area (Å²) in [5.41, 5.74) is 4.12. The van der Waals surface area contributed by atoms with Gasteiger partial charge >= 0.3 is 5.97 Å². The number of anilines is 1. The molecule has 0 spiro atoms. The van der Waals surface area contributed by atoms with Crippen LogP contribution in [0.3, 0.4) is 0 Å². The summed E-state index contributed by atoms with van der Waals surface area (Å²) in [6.45, 7) is 5.57. The molecule has 0 saturated carbocycles. The maximum atomic E-state index is 13.9. The molecule has 162 valence electrons. The van der Waals surface area contributed by atoms with Gasteiger partial charge in [-0.1, -0.05) is 18.2 Å². The third-order valence-corrected chi connectivity index (χ3v) is 5.21. The number of nitrogens with zero attached hydrogens (tertiary/aromatic N) is 2. The number of rotatable bonds is 5. The van der Waals surface area contributed by atoms with E-state index in [2.05, 4.69) is 5.32 Å². The van der Waals surface area contributed by atoms with E-state index in [0.717, 1.165) is 22.6 Å². The molecule has 2 aromatic carbocycles. The van der Waals surface area contributed by atoms with Gasteiger partial charge in [0, 0.05) is 17.1 Å². The number of carbonyl (C=O) groups is 2. The van der Waals surface area contributed by atoms with E-state index < -0.39 is 17.7 Å². The number of carbonyl (C=O) groups excluding carboxylic acids is 2. The van der Waals surface area contributed by atoms with Gasteiger partial charge in [0.2, 0.25) is 0 Å². The minimum atomic E-state index is -0.703. The highest BCUT2D eigenvalue weighted by atomic mass is 19.1. The number of amides is 1. The third kappa shape index (κ3) is 4.30. The van der Waals surface area contributed by atoms with Crippen LogP contribution in [0, 0.1) is 37.9 Å². The molecule has 6 nitrogen and oxygen atoms in total. The Hall–Kier alpha value is -4.18. The zero-order chi connectivity index (χ0) is 23.4. The smallest absolute Gasteiger partial charge is 0.338 e. The van der Waals surface area contributed by atoms with Gasteiger partial charge in [0.25, 0.3) is 5.91 Å². The molecule has 32 heavy (non-hydrogen) atoms. The lowest BCUT2D eigenvalue weighted by Gasteiger charge is -2.15.